The van der Waals surface area contributed by atoms with Crippen LogP contribution >= 0.6 is 0 Å². The number of aromatic nitrogens is 1. The second kappa shape index (κ2) is 5.33. The maximum atomic E-state index is 12.4. The zero-order valence-corrected chi connectivity index (χ0v) is 11.8. The smallest absolute Gasteiger partial charge is 0.257 e. The summed E-state index contributed by atoms with van der Waals surface area (Å²) in [7, 11) is 0. The molecule has 1 fully saturated rings. The fraction of sp³-hybridized carbons (Fsp3) is 0.714. The number of rotatable bonds is 4. The Morgan fingerprint density at radius 3 is 2.63 bits per heavy atom. The van der Waals surface area contributed by atoms with Gasteiger partial charge in [0.1, 0.15) is 5.56 Å². The molecule has 5 nitrogen and oxygen atoms in total. The van der Waals surface area contributed by atoms with Crippen LogP contribution in [0.1, 0.15) is 67.3 Å². The first kappa shape index (κ1) is 14.1. The molecule has 5 heteroatoms. The number of hydrogen-bond donors (Lipinski definition) is 2. The molecule has 0 radical (unpaired) electrons. The van der Waals surface area contributed by atoms with E-state index in [1.807, 2.05) is 13.8 Å². The first-order valence-corrected chi connectivity index (χ1v) is 6.88. The summed E-state index contributed by atoms with van der Waals surface area (Å²) in [5.74, 6) is 0.537. The highest BCUT2D eigenvalue weighted by Gasteiger charge is 2.36. The molecule has 0 spiro atoms. The summed E-state index contributed by atoms with van der Waals surface area (Å²) >= 11 is 0. The summed E-state index contributed by atoms with van der Waals surface area (Å²) in [6, 6.07) is 0. The van der Waals surface area contributed by atoms with Crippen LogP contribution in [-0.2, 0) is 0 Å². The molecule has 1 saturated carbocycles. The number of hydrogen-bond acceptors (Lipinski definition) is 4. The van der Waals surface area contributed by atoms with E-state index in [2.05, 4.69) is 10.5 Å². The number of aryl methyl sites for hydroxylation is 1. The van der Waals surface area contributed by atoms with Crippen LogP contribution < -0.4 is 5.32 Å². The minimum absolute atomic E-state index is 0.0138. The molecule has 0 unspecified atom stereocenters. The van der Waals surface area contributed by atoms with Crippen molar-refractivity contribution in [1.82, 2.24) is 10.5 Å². The number of nitrogens with zero attached hydrogens (tertiary/aromatic N) is 1. The normalized spacial score (nSPS) is 17.9. The average molecular weight is 266 g/mol. The van der Waals surface area contributed by atoms with E-state index in [0.717, 1.165) is 25.7 Å². The second-order valence-corrected chi connectivity index (χ2v) is 5.76. The molecule has 1 amide bonds. The van der Waals surface area contributed by atoms with Crippen LogP contribution in [0.5, 0.6) is 0 Å². The van der Waals surface area contributed by atoms with E-state index in [1.165, 1.54) is 0 Å². The molecule has 1 aromatic rings. The fourth-order valence-electron chi connectivity index (χ4n) is 2.74. The monoisotopic (exact) mass is 266 g/mol. The molecule has 0 saturated heterocycles. The fourth-order valence-corrected chi connectivity index (χ4v) is 2.74. The van der Waals surface area contributed by atoms with Crippen molar-refractivity contribution in [1.29, 1.82) is 0 Å². The van der Waals surface area contributed by atoms with E-state index in [0.29, 0.717) is 17.0 Å². The Bertz CT molecular complexity index is 459. The number of aliphatic hydroxyl groups excluding tert-OH is 1. The first-order chi connectivity index (χ1) is 8.99. The lowest BCUT2D eigenvalue weighted by Gasteiger charge is -2.28. The Morgan fingerprint density at radius 2 is 2.11 bits per heavy atom. The van der Waals surface area contributed by atoms with Crippen molar-refractivity contribution < 1.29 is 14.4 Å². The zero-order chi connectivity index (χ0) is 14.0. The first-order valence-electron chi connectivity index (χ1n) is 6.88. The summed E-state index contributed by atoms with van der Waals surface area (Å²) in [5.41, 5.74) is 0.664. The summed E-state index contributed by atoms with van der Waals surface area (Å²) in [5, 5.41) is 16.4. The van der Waals surface area contributed by atoms with Crippen LogP contribution in [0.15, 0.2) is 4.52 Å². The Hall–Kier alpha value is -1.36. The predicted octanol–water partition coefficient (Wildman–Crippen LogP) is 2.14. The lowest BCUT2D eigenvalue weighted by Crippen LogP contribution is -2.49. The molecule has 1 aliphatic rings. The van der Waals surface area contributed by atoms with Crippen LogP contribution in [-0.4, -0.2) is 28.3 Å². The highest BCUT2D eigenvalue weighted by molar-refractivity contribution is 5.96. The summed E-state index contributed by atoms with van der Waals surface area (Å²) in [6.45, 7) is 5.69. The van der Waals surface area contributed by atoms with Gasteiger partial charge < -0.3 is 14.9 Å². The van der Waals surface area contributed by atoms with Crippen molar-refractivity contribution in [3.8, 4) is 0 Å². The quantitative estimate of drug-likeness (QED) is 0.875. The Morgan fingerprint density at radius 1 is 1.47 bits per heavy atom. The molecule has 0 bridgehead atoms. The molecule has 1 aliphatic carbocycles. The van der Waals surface area contributed by atoms with Gasteiger partial charge in [-0.05, 0) is 19.8 Å². The molecule has 0 atom stereocenters. The standard InChI is InChI=1S/C14H22N2O3/c1-9(2)12-11(10(3)16-19-12)13(18)15-14(8-17)6-4-5-7-14/h9,17H,4-8H2,1-3H3,(H,15,18). The number of carbonyl (C=O) groups excluding carboxylic acids is 1. The lowest BCUT2D eigenvalue weighted by molar-refractivity contribution is 0.0835. The largest absolute Gasteiger partial charge is 0.394 e. The Balaban J connectivity index is 2.22. The van der Waals surface area contributed by atoms with Crippen LogP contribution in [0.4, 0.5) is 0 Å². The lowest BCUT2D eigenvalue weighted by atomic mass is 9.97. The van der Waals surface area contributed by atoms with Gasteiger partial charge >= 0.3 is 0 Å². The number of aliphatic hydroxyl groups is 1. The van der Waals surface area contributed by atoms with E-state index < -0.39 is 5.54 Å². The van der Waals surface area contributed by atoms with E-state index in [9.17, 15) is 9.90 Å². The van der Waals surface area contributed by atoms with Crippen LogP contribution in [0.3, 0.4) is 0 Å². The summed E-state index contributed by atoms with van der Waals surface area (Å²) in [4.78, 5) is 12.4. The number of carbonyl (C=O) groups is 1. The molecule has 1 heterocycles. The molecule has 2 rings (SSSR count). The van der Waals surface area contributed by atoms with Crippen LogP contribution in [0, 0.1) is 6.92 Å². The van der Waals surface area contributed by atoms with Crippen molar-refractivity contribution in [2.24, 2.45) is 0 Å². The Kier molecular flexibility index (Phi) is 3.94. The highest BCUT2D eigenvalue weighted by atomic mass is 16.5. The summed E-state index contributed by atoms with van der Waals surface area (Å²) < 4.78 is 5.24. The third kappa shape index (κ3) is 2.66. The SMILES string of the molecule is Cc1noc(C(C)C)c1C(=O)NC1(CO)CCCC1. The minimum Gasteiger partial charge on any atom is -0.394 e. The predicted molar refractivity (Wildman–Crippen MR) is 71.1 cm³/mol. The topological polar surface area (TPSA) is 75.4 Å². The van der Waals surface area contributed by atoms with Crippen molar-refractivity contribution >= 4 is 5.91 Å². The van der Waals surface area contributed by atoms with Gasteiger partial charge in [0.2, 0.25) is 0 Å². The third-order valence-corrected chi connectivity index (χ3v) is 3.88. The van der Waals surface area contributed by atoms with Crippen molar-refractivity contribution in [2.75, 3.05) is 6.61 Å². The maximum Gasteiger partial charge on any atom is 0.257 e. The van der Waals surface area contributed by atoms with Gasteiger partial charge in [0.25, 0.3) is 5.91 Å². The molecule has 19 heavy (non-hydrogen) atoms. The van der Waals surface area contributed by atoms with Gasteiger partial charge in [0.15, 0.2) is 5.76 Å². The number of nitrogens with one attached hydrogen (secondary N) is 1. The molecule has 0 aliphatic heterocycles. The summed E-state index contributed by atoms with van der Waals surface area (Å²) in [6.07, 6.45) is 3.74. The molecule has 106 valence electrons. The zero-order valence-electron chi connectivity index (χ0n) is 11.8. The van der Waals surface area contributed by atoms with Gasteiger partial charge in [-0.25, -0.2) is 0 Å². The van der Waals surface area contributed by atoms with Crippen LogP contribution in [0.2, 0.25) is 0 Å². The molecular weight excluding hydrogens is 244 g/mol. The van der Waals surface area contributed by atoms with E-state index in [4.69, 9.17) is 4.52 Å². The van der Waals surface area contributed by atoms with Gasteiger partial charge in [-0.2, -0.15) is 0 Å². The average Bonchev–Trinajstić information content (AvgIpc) is 2.96. The highest BCUT2D eigenvalue weighted by Crippen LogP contribution is 2.30. The van der Waals surface area contributed by atoms with Gasteiger partial charge in [0.05, 0.1) is 17.8 Å². The minimum atomic E-state index is -0.463. The maximum absolute atomic E-state index is 12.4. The van der Waals surface area contributed by atoms with Crippen molar-refractivity contribution in [3.63, 3.8) is 0 Å². The molecule has 2 N–H and O–H groups in total. The van der Waals surface area contributed by atoms with Crippen molar-refractivity contribution in [2.45, 2.75) is 57.9 Å². The van der Waals surface area contributed by atoms with Crippen molar-refractivity contribution in [3.05, 3.63) is 17.0 Å². The van der Waals surface area contributed by atoms with Crippen LogP contribution in [0.25, 0.3) is 0 Å². The van der Waals surface area contributed by atoms with Gasteiger partial charge in [0, 0.05) is 5.92 Å². The molecule has 1 aromatic heterocycles. The molecular formula is C14H22N2O3. The third-order valence-electron chi connectivity index (χ3n) is 3.88. The number of amides is 1. The van der Waals surface area contributed by atoms with E-state index >= 15 is 0 Å². The van der Waals surface area contributed by atoms with E-state index in [-0.39, 0.29) is 18.4 Å². The van der Waals surface area contributed by atoms with E-state index in [1.54, 1.807) is 6.92 Å². The van der Waals surface area contributed by atoms with Gasteiger partial charge in [-0.1, -0.05) is 31.8 Å². The molecule has 0 aromatic carbocycles. The van der Waals surface area contributed by atoms with Gasteiger partial charge in [-0.3, -0.25) is 4.79 Å². The second-order valence-electron chi connectivity index (χ2n) is 5.76. The van der Waals surface area contributed by atoms with Gasteiger partial charge in [-0.15, -0.1) is 0 Å². The Labute approximate surface area is 113 Å².